The second-order valence-electron chi connectivity index (χ2n) is 9.14. The van der Waals surface area contributed by atoms with Gasteiger partial charge in [0.1, 0.15) is 0 Å². The Morgan fingerprint density at radius 1 is 1.00 bits per heavy atom. The van der Waals surface area contributed by atoms with Gasteiger partial charge in [0.25, 0.3) is 0 Å². The van der Waals surface area contributed by atoms with Gasteiger partial charge in [-0.25, -0.2) is 0 Å². The van der Waals surface area contributed by atoms with E-state index in [1.807, 2.05) is 0 Å². The fourth-order valence-electron chi connectivity index (χ4n) is 4.74. The van der Waals surface area contributed by atoms with Crippen molar-refractivity contribution in [2.75, 3.05) is 0 Å². The lowest BCUT2D eigenvalue weighted by atomic mass is 9.66. The molecule has 1 nitrogen and oxygen atoms in total. The van der Waals surface area contributed by atoms with E-state index in [4.69, 9.17) is 0 Å². The molecule has 0 aromatic heterocycles. The normalized spacial score (nSPS) is 23.7. The van der Waals surface area contributed by atoms with E-state index < -0.39 is 0 Å². The number of nitrogens with zero attached hydrogens (tertiary/aromatic N) is 1. The van der Waals surface area contributed by atoms with Crippen molar-refractivity contribution in [1.82, 2.24) is 0 Å². The van der Waals surface area contributed by atoms with Crippen molar-refractivity contribution in [2.45, 2.75) is 110 Å². The number of nitriles is 1. The van der Waals surface area contributed by atoms with E-state index in [1.165, 1.54) is 75.3 Å². The first-order valence-electron chi connectivity index (χ1n) is 11.6. The van der Waals surface area contributed by atoms with E-state index >= 15 is 0 Å². The molecular formula is C26H41N. The maximum absolute atomic E-state index is 9.78. The molecule has 0 amide bonds. The van der Waals surface area contributed by atoms with Crippen LogP contribution in [0.1, 0.15) is 115 Å². The van der Waals surface area contributed by atoms with E-state index in [2.05, 4.69) is 51.1 Å². The monoisotopic (exact) mass is 367 g/mol. The highest BCUT2D eigenvalue weighted by atomic mass is 14.4. The highest BCUT2D eigenvalue weighted by Crippen LogP contribution is 2.46. The maximum Gasteiger partial charge on any atom is 0.0689 e. The van der Waals surface area contributed by atoms with Crippen LogP contribution in [0.15, 0.2) is 24.3 Å². The van der Waals surface area contributed by atoms with Gasteiger partial charge < -0.3 is 0 Å². The predicted octanol–water partition coefficient (Wildman–Crippen LogP) is 8.19. The lowest BCUT2D eigenvalue weighted by Crippen LogP contribution is -2.27. The Morgan fingerprint density at radius 2 is 1.63 bits per heavy atom. The Bertz CT molecular complexity index is 557. The summed E-state index contributed by atoms with van der Waals surface area (Å²) in [5.41, 5.74) is 2.94. The zero-order valence-electron chi connectivity index (χ0n) is 18.1. The molecule has 1 atom stereocenters. The first-order chi connectivity index (χ1) is 13.1. The number of unbranched alkanes of at least 4 members (excludes halogenated alkanes) is 5. The van der Waals surface area contributed by atoms with Gasteiger partial charge in [0.05, 0.1) is 11.5 Å². The third-order valence-corrected chi connectivity index (χ3v) is 6.89. The van der Waals surface area contributed by atoms with Crippen LogP contribution in [0.3, 0.4) is 0 Å². The van der Waals surface area contributed by atoms with E-state index in [0.29, 0.717) is 11.8 Å². The van der Waals surface area contributed by atoms with Crippen molar-refractivity contribution in [2.24, 2.45) is 11.3 Å². The van der Waals surface area contributed by atoms with Gasteiger partial charge in [-0.1, -0.05) is 83.6 Å². The first kappa shape index (κ1) is 22.0. The number of hydrogen-bond acceptors (Lipinski definition) is 1. The van der Waals surface area contributed by atoms with Crippen molar-refractivity contribution in [3.05, 3.63) is 35.4 Å². The van der Waals surface area contributed by atoms with Crippen LogP contribution >= 0.6 is 0 Å². The second-order valence-corrected chi connectivity index (χ2v) is 9.14. The lowest BCUT2D eigenvalue weighted by Gasteiger charge is -2.36. The SMILES string of the molecule is CCCCCCCCc1ccc(C2CCC(C#N)(CC(C)CC)CC2)cc1. The summed E-state index contributed by atoms with van der Waals surface area (Å²) in [5.74, 6) is 1.33. The smallest absolute Gasteiger partial charge is 0.0689 e. The predicted molar refractivity (Wildman–Crippen MR) is 117 cm³/mol. The molecule has 1 fully saturated rings. The summed E-state index contributed by atoms with van der Waals surface area (Å²) in [7, 11) is 0. The van der Waals surface area contributed by atoms with Gasteiger partial charge in [-0.2, -0.15) is 5.26 Å². The Balaban J connectivity index is 1.78. The van der Waals surface area contributed by atoms with Gasteiger partial charge in [0, 0.05) is 0 Å². The van der Waals surface area contributed by atoms with Crippen LogP contribution < -0.4 is 0 Å². The minimum atomic E-state index is -0.0519. The molecule has 1 heteroatoms. The Labute approximate surface area is 168 Å². The highest BCUT2D eigenvalue weighted by molar-refractivity contribution is 5.26. The minimum absolute atomic E-state index is 0.0519. The Hall–Kier alpha value is -1.29. The summed E-state index contributed by atoms with van der Waals surface area (Å²) in [6.45, 7) is 6.82. The fraction of sp³-hybridized carbons (Fsp3) is 0.731. The van der Waals surface area contributed by atoms with Crippen molar-refractivity contribution in [3.63, 3.8) is 0 Å². The van der Waals surface area contributed by atoms with Crippen LogP contribution in [0.25, 0.3) is 0 Å². The van der Waals surface area contributed by atoms with Gasteiger partial charge in [-0.3, -0.25) is 0 Å². The molecule has 1 aliphatic carbocycles. The summed E-state index contributed by atoms with van der Waals surface area (Å²) in [4.78, 5) is 0. The molecule has 0 bridgehead atoms. The van der Waals surface area contributed by atoms with Crippen molar-refractivity contribution in [1.29, 1.82) is 5.26 Å². The molecule has 1 unspecified atom stereocenters. The van der Waals surface area contributed by atoms with Gasteiger partial charge in [0.15, 0.2) is 0 Å². The molecule has 2 rings (SSSR count). The molecule has 1 aromatic rings. The number of hydrogen-bond donors (Lipinski definition) is 0. The molecule has 150 valence electrons. The molecule has 0 spiro atoms. The zero-order valence-corrected chi connectivity index (χ0v) is 18.1. The summed E-state index contributed by atoms with van der Waals surface area (Å²) in [6.07, 6.45) is 16.2. The standard InChI is InChI=1S/C26H41N/c1-4-6-7-8-9-10-11-23-12-14-24(15-13-23)25-16-18-26(21-27,19-17-25)20-22(3)5-2/h12-15,22,25H,4-11,16-20H2,1-3H3. The van der Waals surface area contributed by atoms with E-state index in [9.17, 15) is 5.26 Å². The first-order valence-corrected chi connectivity index (χ1v) is 11.6. The van der Waals surface area contributed by atoms with Crippen LogP contribution in [-0.2, 0) is 6.42 Å². The molecule has 1 aliphatic rings. The van der Waals surface area contributed by atoms with E-state index in [1.54, 1.807) is 0 Å². The molecular weight excluding hydrogens is 326 g/mol. The third-order valence-electron chi connectivity index (χ3n) is 6.89. The molecule has 0 radical (unpaired) electrons. The van der Waals surface area contributed by atoms with E-state index in [-0.39, 0.29) is 5.41 Å². The summed E-state index contributed by atoms with van der Waals surface area (Å²) >= 11 is 0. The average molecular weight is 368 g/mol. The molecule has 0 saturated heterocycles. The van der Waals surface area contributed by atoms with Gasteiger partial charge in [0.2, 0.25) is 0 Å². The summed E-state index contributed by atoms with van der Waals surface area (Å²) < 4.78 is 0. The number of rotatable bonds is 11. The quantitative estimate of drug-likeness (QED) is 0.362. The maximum atomic E-state index is 9.78. The Morgan fingerprint density at radius 3 is 2.22 bits per heavy atom. The largest absolute Gasteiger partial charge is 0.198 e. The van der Waals surface area contributed by atoms with Crippen molar-refractivity contribution < 1.29 is 0 Å². The van der Waals surface area contributed by atoms with E-state index in [0.717, 1.165) is 19.3 Å². The van der Waals surface area contributed by atoms with Crippen LogP contribution in [-0.4, -0.2) is 0 Å². The van der Waals surface area contributed by atoms with Crippen LogP contribution in [0, 0.1) is 22.7 Å². The van der Waals surface area contributed by atoms with Crippen molar-refractivity contribution >= 4 is 0 Å². The third kappa shape index (κ3) is 6.99. The molecule has 0 aliphatic heterocycles. The molecule has 27 heavy (non-hydrogen) atoms. The molecule has 0 heterocycles. The second kappa shape index (κ2) is 11.5. The van der Waals surface area contributed by atoms with Crippen LogP contribution in [0.2, 0.25) is 0 Å². The topological polar surface area (TPSA) is 23.8 Å². The van der Waals surface area contributed by atoms with Gasteiger partial charge in [-0.05, 0) is 67.9 Å². The molecule has 1 aromatic carbocycles. The van der Waals surface area contributed by atoms with Crippen LogP contribution in [0.5, 0.6) is 0 Å². The summed E-state index contributed by atoms with van der Waals surface area (Å²) in [6, 6.07) is 12.1. The average Bonchev–Trinajstić information content (AvgIpc) is 2.71. The van der Waals surface area contributed by atoms with Crippen molar-refractivity contribution in [3.8, 4) is 6.07 Å². The minimum Gasteiger partial charge on any atom is -0.198 e. The van der Waals surface area contributed by atoms with Gasteiger partial charge in [-0.15, -0.1) is 0 Å². The highest BCUT2D eigenvalue weighted by Gasteiger charge is 2.36. The number of benzene rings is 1. The Kier molecular flexibility index (Phi) is 9.40. The zero-order chi connectivity index (χ0) is 19.5. The van der Waals surface area contributed by atoms with Gasteiger partial charge >= 0.3 is 0 Å². The summed E-state index contributed by atoms with van der Waals surface area (Å²) in [5, 5.41) is 9.78. The molecule has 1 saturated carbocycles. The lowest BCUT2D eigenvalue weighted by molar-refractivity contribution is 0.198. The number of aryl methyl sites for hydroxylation is 1. The fourth-order valence-corrected chi connectivity index (χ4v) is 4.74. The van der Waals surface area contributed by atoms with Crippen LogP contribution in [0.4, 0.5) is 0 Å². The molecule has 0 N–H and O–H groups in total.